The third-order valence-electron chi connectivity index (χ3n) is 5.44. The summed E-state index contributed by atoms with van der Waals surface area (Å²) in [5.74, 6) is -0.475. The van der Waals surface area contributed by atoms with Gasteiger partial charge < -0.3 is 10.6 Å². The molecule has 0 saturated heterocycles. The van der Waals surface area contributed by atoms with Crippen LogP contribution in [0.4, 0.5) is 17.1 Å². The van der Waals surface area contributed by atoms with Gasteiger partial charge in [-0.25, -0.2) is 4.68 Å². The Morgan fingerprint density at radius 2 is 1.53 bits per heavy atom. The number of carbonyl (C=O) groups excluding carboxylic acids is 1. The van der Waals surface area contributed by atoms with Crippen LogP contribution in [0, 0.1) is 18.3 Å². The van der Waals surface area contributed by atoms with Crippen molar-refractivity contribution in [3.05, 3.63) is 112 Å². The highest BCUT2D eigenvalue weighted by molar-refractivity contribution is 6.09. The monoisotopic (exact) mass is 449 g/mol. The fraction of sp³-hybridized carbons (Fsp3) is 0.0741. The van der Waals surface area contributed by atoms with Crippen LogP contribution < -0.4 is 16.2 Å². The molecule has 7 heteroatoms. The van der Waals surface area contributed by atoms with E-state index in [1.165, 1.54) is 6.08 Å². The molecular formula is C27H23N5O2. The molecule has 0 fully saturated rings. The van der Waals surface area contributed by atoms with Gasteiger partial charge in [-0.15, -0.1) is 0 Å². The molecular weight excluding hydrogens is 426 g/mol. The highest BCUT2D eigenvalue weighted by Crippen LogP contribution is 2.20. The molecule has 0 radical (unpaired) electrons. The molecule has 0 aliphatic rings. The molecule has 0 atom stereocenters. The molecule has 0 bridgehead atoms. The summed E-state index contributed by atoms with van der Waals surface area (Å²) in [6.07, 6.45) is 1.53. The van der Waals surface area contributed by atoms with Crippen LogP contribution in [0.1, 0.15) is 11.3 Å². The van der Waals surface area contributed by atoms with Crippen molar-refractivity contribution in [1.82, 2.24) is 9.36 Å². The van der Waals surface area contributed by atoms with Gasteiger partial charge in [0, 0.05) is 18.4 Å². The molecule has 0 aliphatic carbocycles. The molecule has 0 unspecified atom stereocenters. The summed E-state index contributed by atoms with van der Waals surface area (Å²) in [5, 5.41) is 15.3. The molecule has 0 saturated carbocycles. The van der Waals surface area contributed by atoms with E-state index in [4.69, 9.17) is 0 Å². The van der Waals surface area contributed by atoms with E-state index in [2.05, 4.69) is 10.6 Å². The van der Waals surface area contributed by atoms with Crippen molar-refractivity contribution in [2.24, 2.45) is 7.05 Å². The number of nitrogens with zero attached hydrogens (tertiary/aromatic N) is 3. The van der Waals surface area contributed by atoms with Gasteiger partial charge >= 0.3 is 0 Å². The Balaban J connectivity index is 1.54. The summed E-state index contributed by atoms with van der Waals surface area (Å²) in [6.45, 7) is 1.88. The Morgan fingerprint density at radius 3 is 2.15 bits per heavy atom. The van der Waals surface area contributed by atoms with Gasteiger partial charge in [0.2, 0.25) is 0 Å². The lowest BCUT2D eigenvalue weighted by atomic mass is 10.1. The first-order valence-electron chi connectivity index (χ1n) is 10.7. The predicted molar refractivity (Wildman–Crippen MR) is 134 cm³/mol. The van der Waals surface area contributed by atoms with Crippen LogP contribution in [0.15, 0.2) is 95.3 Å². The molecule has 1 amide bonds. The van der Waals surface area contributed by atoms with Gasteiger partial charge in [0.25, 0.3) is 11.5 Å². The number of rotatable bonds is 6. The topological polar surface area (TPSA) is 91.9 Å². The second-order valence-electron chi connectivity index (χ2n) is 7.67. The van der Waals surface area contributed by atoms with Crippen LogP contribution in [0.2, 0.25) is 0 Å². The first-order chi connectivity index (χ1) is 16.5. The summed E-state index contributed by atoms with van der Waals surface area (Å²) in [5.41, 5.74) is 3.93. The smallest absolute Gasteiger partial charge is 0.295 e. The number of hydrogen-bond acceptors (Lipinski definition) is 4. The van der Waals surface area contributed by atoms with E-state index in [1.54, 1.807) is 53.2 Å². The molecule has 34 heavy (non-hydrogen) atoms. The fourth-order valence-corrected chi connectivity index (χ4v) is 3.55. The lowest BCUT2D eigenvalue weighted by Gasteiger charge is -2.07. The summed E-state index contributed by atoms with van der Waals surface area (Å²) in [6, 6.07) is 27.5. The largest absolute Gasteiger partial charge is 0.349 e. The molecule has 168 valence electrons. The van der Waals surface area contributed by atoms with E-state index in [0.29, 0.717) is 16.9 Å². The van der Waals surface area contributed by atoms with Crippen LogP contribution in [0.5, 0.6) is 0 Å². The normalized spacial score (nSPS) is 11.0. The molecule has 1 aromatic heterocycles. The number of nitriles is 1. The molecule has 0 spiro atoms. The number of carbonyl (C=O) groups is 1. The fourth-order valence-electron chi connectivity index (χ4n) is 3.55. The highest BCUT2D eigenvalue weighted by Gasteiger charge is 2.16. The van der Waals surface area contributed by atoms with E-state index in [0.717, 1.165) is 17.1 Å². The molecule has 2 N–H and O–H groups in total. The lowest BCUT2D eigenvalue weighted by molar-refractivity contribution is -0.112. The maximum Gasteiger partial charge on any atom is 0.295 e. The van der Waals surface area contributed by atoms with Crippen molar-refractivity contribution in [1.29, 1.82) is 5.26 Å². The van der Waals surface area contributed by atoms with E-state index >= 15 is 0 Å². The first-order valence-corrected chi connectivity index (χ1v) is 10.7. The SMILES string of the molecule is Cc1c(Nc2ccc(C=C(C#N)C(=O)Nc3ccccc3)cc2)c(=O)n(-c2ccccc2)n1C. The van der Waals surface area contributed by atoms with Crippen LogP contribution in [-0.4, -0.2) is 15.3 Å². The first kappa shape index (κ1) is 22.4. The third-order valence-corrected chi connectivity index (χ3v) is 5.44. The summed E-state index contributed by atoms with van der Waals surface area (Å²) in [7, 11) is 1.84. The maximum absolute atomic E-state index is 13.1. The second-order valence-corrected chi connectivity index (χ2v) is 7.67. The average Bonchev–Trinajstić information content (AvgIpc) is 3.07. The van der Waals surface area contributed by atoms with Gasteiger partial charge in [-0.2, -0.15) is 5.26 Å². The number of hydrogen-bond donors (Lipinski definition) is 2. The number of anilines is 3. The molecule has 0 aliphatic heterocycles. The number of nitrogens with one attached hydrogen (secondary N) is 2. The second kappa shape index (κ2) is 9.76. The highest BCUT2D eigenvalue weighted by atomic mass is 16.2. The Labute approximate surface area is 197 Å². The zero-order valence-corrected chi connectivity index (χ0v) is 18.8. The number of aromatic nitrogens is 2. The molecule has 7 nitrogen and oxygen atoms in total. The lowest BCUT2D eigenvalue weighted by Crippen LogP contribution is -2.20. The molecule has 4 aromatic rings. The van der Waals surface area contributed by atoms with Gasteiger partial charge in [0.1, 0.15) is 17.3 Å². The molecule has 3 aromatic carbocycles. The number of benzene rings is 3. The zero-order valence-electron chi connectivity index (χ0n) is 18.8. The van der Waals surface area contributed by atoms with E-state index in [-0.39, 0.29) is 11.1 Å². The summed E-state index contributed by atoms with van der Waals surface area (Å²) < 4.78 is 3.42. The summed E-state index contributed by atoms with van der Waals surface area (Å²) in [4.78, 5) is 25.5. The van der Waals surface area contributed by atoms with Gasteiger partial charge in [-0.1, -0.05) is 48.5 Å². The van der Waals surface area contributed by atoms with E-state index in [1.807, 2.05) is 61.1 Å². The van der Waals surface area contributed by atoms with Gasteiger partial charge in [-0.05, 0) is 55.0 Å². The van der Waals surface area contributed by atoms with Crippen LogP contribution in [0.3, 0.4) is 0 Å². The Kier molecular flexibility index (Phi) is 6.42. The molecule has 4 rings (SSSR count). The Bertz CT molecular complexity index is 1440. The van der Waals surface area contributed by atoms with Crippen molar-refractivity contribution in [2.75, 3.05) is 10.6 Å². The molecule has 1 heterocycles. The van der Waals surface area contributed by atoms with Gasteiger partial charge in [-0.3, -0.25) is 14.3 Å². The minimum absolute atomic E-state index is 0.00536. The minimum atomic E-state index is -0.475. The van der Waals surface area contributed by atoms with Crippen LogP contribution in [-0.2, 0) is 11.8 Å². The van der Waals surface area contributed by atoms with E-state index < -0.39 is 5.91 Å². The maximum atomic E-state index is 13.1. The van der Waals surface area contributed by atoms with E-state index in [9.17, 15) is 14.9 Å². The van der Waals surface area contributed by atoms with Crippen LogP contribution >= 0.6 is 0 Å². The van der Waals surface area contributed by atoms with Crippen molar-refractivity contribution < 1.29 is 4.79 Å². The number of para-hydroxylation sites is 2. The van der Waals surface area contributed by atoms with Crippen LogP contribution in [0.25, 0.3) is 11.8 Å². The average molecular weight is 450 g/mol. The third kappa shape index (κ3) is 4.66. The number of amides is 1. The summed E-state index contributed by atoms with van der Waals surface area (Å²) >= 11 is 0. The minimum Gasteiger partial charge on any atom is -0.349 e. The van der Waals surface area contributed by atoms with Crippen molar-refractivity contribution >= 4 is 29.0 Å². The van der Waals surface area contributed by atoms with Gasteiger partial charge in [0.15, 0.2) is 0 Å². The Morgan fingerprint density at radius 1 is 0.912 bits per heavy atom. The van der Waals surface area contributed by atoms with Crippen molar-refractivity contribution in [2.45, 2.75) is 6.92 Å². The predicted octanol–water partition coefficient (Wildman–Crippen LogP) is 4.77. The quantitative estimate of drug-likeness (QED) is 0.328. The van der Waals surface area contributed by atoms with Crippen molar-refractivity contribution in [3.8, 4) is 11.8 Å². The van der Waals surface area contributed by atoms with Gasteiger partial charge in [0.05, 0.1) is 11.4 Å². The zero-order chi connectivity index (χ0) is 24.1. The Hall–Kier alpha value is -4.83. The van der Waals surface area contributed by atoms with Crippen molar-refractivity contribution in [3.63, 3.8) is 0 Å². The standard InChI is InChI=1S/C27H23N5O2/c1-19-25(27(34)32(31(19)2)24-11-7-4-8-12-24)29-23-15-13-20(14-16-23)17-21(18-28)26(33)30-22-9-5-3-6-10-22/h3-17,29H,1-2H3,(H,30,33).